The molecule has 0 radical (unpaired) electrons. The van der Waals surface area contributed by atoms with E-state index in [1.807, 2.05) is 0 Å². The quantitative estimate of drug-likeness (QED) is 0.547. The molecule has 0 unspecified atom stereocenters. The normalized spacial score (nSPS) is 23.1. The number of hydrogen-bond donors (Lipinski definition) is 0. The average molecular weight is 286 g/mol. The van der Waals surface area contributed by atoms with Crippen LogP contribution in [0.3, 0.4) is 0 Å². The Bertz CT molecular complexity index is 233. The Morgan fingerprint density at radius 1 is 0.750 bits per heavy atom. The summed E-state index contributed by atoms with van der Waals surface area (Å²) in [6.45, 7) is 11.3. The molecule has 0 aliphatic carbocycles. The van der Waals surface area contributed by atoms with Crippen molar-refractivity contribution in [3.8, 4) is 0 Å². The molecule has 0 aromatic rings. The van der Waals surface area contributed by atoms with Crippen LogP contribution in [0.25, 0.3) is 0 Å². The van der Waals surface area contributed by atoms with Crippen molar-refractivity contribution >= 4 is 0 Å². The van der Waals surface area contributed by atoms with E-state index in [1.54, 1.807) is 0 Å². The molecule has 4 heteroatoms. The van der Waals surface area contributed by atoms with Gasteiger partial charge in [0, 0.05) is 24.0 Å². The summed E-state index contributed by atoms with van der Waals surface area (Å²) in [7, 11) is 0. The van der Waals surface area contributed by atoms with Crippen molar-refractivity contribution in [3.63, 3.8) is 0 Å². The Hall–Kier alpha value is -0.160. The predicted octanol–water partition coefficient (Wildman–Crippen LogP) is 2.65. The van der Waals surface area contributed by atoms with Crippen molar-refractivity contribution in [2.24, 2.45) is 10.8 Å². The first-order chi connectivity index (χ1) is 9.74. The number of hydrogen-bond acceptors (Lipinski definition) is 4. The molecule has 0 bridgehead atoms. The highest BCUT2D eigenvalue weighted by Gasteiger charge is 2.37. The molecular formula is C16H30O4. The lowest BCUT2D eigenvalue weighted by Crippen LogP contribution is -2.46. The van der Waals surface area contributed by atoms with E-state index in [1.165, 1.54) is 0 Å². The van der Waals surface area contributed by atoms with E-state index in [4.69, 9.17) is 18.9 Å². The zero-order chi connectivity index (χ0) is 14.3. The van der Waals surface area contributed by atoms with E-state index in [2.05, 4.69) is 13.8 Å². The molecule has 20 heavy (non-hydrogen) atoms. The third-order valence-corrected chi connectivity index (χ3v) is 4.78. The van der Waals surface area contributed by atoms with Crippen LogP contribution in [0.15, 0.2) is 0 Å². The molecule has 2 heterocycles. The summed E-state index contributed by atoms with van der Waals surface area (Å²) in [5, 5.41) is 0. The van der Waals surface area contributed by atoms with Crippen molar-refractivity contribution in [3.05, 3.63) is 0 Å². The molecule has 0 spiro atoms. The number of rotatable bonds is 11. The Balaban J connectivity index is 1.40. The molecule has 2 rings (SSSR count). The topological polar surface area (TPSA) is 36.9 Å². The maximum Gasteiger partial charge on any atom is 0.0566 e. The second-order valence-corrected chi connectivity index (χ2v) is 6.50. The third-order valence-electron chi connectivity index (χ3n) is 4.78. The van der Waals surface area contributed by atoms with Gasteiger partial charge in [-0.1, -0.05) is 13.8 Å². The maximum absolute atomic E-state index is 5.78. The van der Waals surface area contributed by atoms with Crippen LogP contribution in [-0.4, -0.2) is 52.9 Å². The van der Waals surface area contributed by atoms with Gasteiger partial charge in [0.2, 0.25) is 0 Å². The molecule has 2 fully saturated rings. The first-order valence-electron chi connectivity index (χ1n) is 8.05. The summed E-state index contributed by atoms with van der Waals surface area (Å²) in [5.74, 6) is 0. The van der Waals surface area contributed by atoms with Crippen molar-refractivity contribution in [1.82, 2.24) is 0 Å². The molecule has 0 atom stereocenters. The monoisotopic (exact) mass is 286 g/mol. The van der Waals surface area contributed by atoms with E-state index in [-0.39, 0.29) is 0 Å². The first kappa shape index (κ1) is 16.2. The average Bonchev–Trinajstić information content (AvgIpc) is 2.38. The summed E-state index contributed by atoms with van der Waals surface area (Å²) < 4.78 is 22.1. The van der Waals surface area contributed by atoms with Gasteiger partial charge in [0.1, 0.15) is 0 Å². The minimum absolute atomic E-state index is 0.314. The minimum Gasteiger partial charge on any atom is -0.381 e. The number of ether oxygens (including phenoxy) is 4. The lowest BCUT2D eigenvalue weighted by Gasteiger charge is -2.40. The van der Waals surface area contributed by atoms with E-state index in [9.17, 15) is 0 Å². The summed E-state index contributed by atoms with van der Waals surface area (Å²) in [4.78, 5) is 0. The predicted molar refractivity (Wildman–Crippen MR) is 78.0 cm³/mol. The highest BCUT2D eigenvalue weighted by atomic mass is 16.5. The molecule has 2 aliphatic rings. The van der Waals surface area contributed by atoms with Crippen molar-refractivity contribution in [2.75, 3.05) is 52.9 Å². The van der Waals surface area contributed by atoms with Crippen LogP contribution in [0.4, 0.5) is 0 Å². The molecule has 0 N–H and O–H groups in total. The van der Waals surface area contributed by atoms with Crippen LogP contribution in [0.1, 0.15) is 39.5 Å². The molecule has 2 aliphatic heterocycles. The second-order valence-electron chi connectivity index (χ2n) is 6.50. The van der Waals surface area contributed by atoms with Crippen molar-refractivity contribution < 1.29 is 18.9 Å². The van der Waals surface area contributed by atoms with Crippen LogP contribution in [0.2, 0.25) is 0 Å². The van der Waals surface area contributed by atoms with Crippen LogP contribution < -0.4 is 0 Å². The fourth-order valence-corrected chi connectivity index (χ4v) is 2.55. The van der Waals surface area contributed by atoms with Gasteiger partial charge >= 0.3 is 0 Å². The summed E-state index contributed by atoms with van der Waals surface area (Å²) in [6.07, 6.45) is 4.46. The van der Waals surface area contributed by atoms with Crippen molar-refractivity contribution in [1.29, 1.82) is 0 Å². The SMILES string of the molecule is CCC1(COCCCCOCC2(CC)COC2)COC1. The van der Waals surface area contributed by atoms with E-state index in [0.29, 0.717) is 10.8 Å². The smallest absolute Gasteiger partial charge is 0.0566 e. The highest BCUT2D eigenvalue weighted by molar-refractivity contribution is 4.84. The molecule has 0 aromatic heterocycles. The Morgan fingerprint density at radius 3 is 1.40 bits per heavy atom. The van der Waals surface area contributed by atoms with Crippen LogP contribution in [0.5, 0.6) is 0 Å². The second kappa shape index (κ2) is 7.74. The largest absolute Gasteiger partial charge is 0.381 e. The molecule has 0 saturated carbocycles. The van der Waals surface area contributed by atoms with E-state index in [0.717, 1.165) is 78.5 Å². The maximum atomic E-state index is 5.78. The number of unbranched alkanes of at least 4 members (excludes halogenated alkanes) is 1. The summed E-state index contributed by atoms with van der Waals surface area (Å²) in [6, 6.07) is 0. The lowest BCUT2D eigenvalue weighted by molar-refractivity contribution is -0.153. The van der Waals surface area contributed by atoms with Gasteiger partial charge in [-0.15, -0.1) is 0 Å². The Morgan fingerprint density at radius 2 is 1.15 bits per heavy atom. The third kappa shape index (κ3) is 4.17. The van der Waals surface area contributed by atoms with Crippen LogP contribution in [-0.2, 0) is 18.9 Å². The van der Waals surface area contributed by atoms with Crippen molar-refractivity contribution in [2.45, 2.75) is 39.5 Å². The lowest BCUT2D eigenvalue weighted by atomic mass is 9.84. The molecule has 118 valence electrons. The van der Waals surface area contributed by atoms with E-state index >= 15 is 0 Å². The van der Waals surface area contributed by atoms with Crippen LogP contribution in [0, 0.1) is 10.8 Å². The molecule has 0 amide bonds. The zero-order valence-electron chi connectivity index (χ0n) is 13.1. The summed E-state index contributed by atoms with van der Waals surface area (Å²) >= 11 is 0. The van der Waals surface area contributed by atoms with Gasteiger partial charge < -0.3 is 18.9 Å². The summed E-state index contributed by atoms with van der Waals surface area (Å²) in [5.41, 5.74) is 0.627. The fourth-order valence-electron chi connectivity index (χ4n) is 2.55. The zero-order valence-corrected chi connectivity index (χ0v) is 13.1. The van der Waals surface area contributed by atoms with Gasteiger partial charge in [-0.05, 0) is 25.7 Å². The first-order valence-corrected chi connectivity index (χ1v) is 8.05. The van der Waals surface area contributed by atoms with Gasteiger partial charge in [-0.2, -0.15) is 0 Å². The molecule has 0 aromatic carbocycles. The highest BCUT2D eigenvalue weighted by Crippen LogP contribution is 2.32. The van der Waals surface area contributed by atoms with Gasteiger partial charge in [0.25, 0.3) is 0 Å². The minimum atomic E-state index is 0.314. The van der Waals surface area contributed by atoms with Crippen LogP contribution >= 0.6 is 0 Å². The van der Waals surface area contributed by atoms with Gasteiger partial charge in [-0.3, -0.25) is 0 Å². The van der Waals surface area contributed by atoms with Gasteiger partial charge in [-0.25, -0.2) is 0 Å². The Kier molecular flexibility index (Phi) is 6.27. The Labute approximate surface area is 123 Å². The molecule has 4 nitrogen and oxygen atoms in total. The van der Waals surface area contributed by atoms with Gasteiger partial charge in [0.15, 0.2) is 0 Å². The standard InChI is InChI=1S/C16H30O4/c1-3-15(11-19-12-15)9-17-7-5-6-8-18-10-16(4-2)13-20-14-16/h3-14H2,1-2H3. The van der Waals surface area contributed by atoms with Gasteiger partial charge in [0.05, 0.1) is 39.6 Å². The molecular weight excluding hydrogens is 256 g/mol. The molecule has 2 saturated heterocycles. The van der Waals surface area contributed by atoms with E-state index < -0.39 is 0 Å². The fraction of sp³-hybridized carbons (Fsp3) is 1.00.